The van der Waals surface area contributed by atoms with Gasteiger partial charge < -0.3 is 14.8 Å². The molecular formula is C14H19NO2. The Balaban J connectivity index is 1.99. The second-order valence-corrected chi connectivity index (χ2v) is 4.78. The topological polar surface area (TPSA) is 30.5 Å². The molecule has 0 bridgehead atoms. The number of methoxy groups -OCH3 is 1. The lowest BCUT2D eigenvalue weighted by Crippen LogP contribution is -2.34. The third-order valence-corrected chi connectivity index (χ3v) is 3.79. The molecular weight excluding hydrogens is 214 g/mol. The normalized spacial score (nSPS) is 27.8. The van der Waals surface area contributed by atoms with Crippen LogP contribution in [0, 0.1) is 0 Å². The first-order valence-corrected chi connectivity index (χ1v) is 6.41. The second-order valence-electron chi connectivity index (χ2n) is 4.78. The Morgan fingerprint density at radius 3 is 3.12 bits per heavy atom. The average Bonchev–Trinajstić information content (AvgIpc) is 2.91. The number of fused-ring (bicyclic) bond motifs is 1. The molecule has 2 aliphatic heterocycles. The van der Waals surface area contributed by atoms with Gasteiger partial charge in [0.05, 0.1) is 13.7 Å². The van der Waals surface area contributed by atoms with Crippen molar-refractivity contribution in [2.24, 2.45) is 0 Å². The fourth-order valence-corrected chi connectivity index (χ4v) is 2.97. The van der Waals surface area contributed by atoms with E-state index in [1.807, 2.05) is 6.07 Å². The Morgan fingerprint density at radius 2 is 2.35 bits per heavy atom. The fraction of sp³-hybridized carbons (Fsp3) is 0.571. The van der Waals surface area contributed by atoms with Gasteiger partial charge in [0.2, 0.25) is 0 Å². The zero-order chi connectivity index (χ0) is 11.7. The van der Waals surface area contributed by atoms with Crippen LogP contribution in [0.2, 0.25) is 0 Å². The van der Waals surface area contributed by atoms with Crippen LogP contribution in [-0.2, 0) is 11.2 Å². The summed E-state index contributed by atoms with van der Waals surface area (Å²) in [5.74, 6) is 0.973. The monoisotopic (exact) mass is 233 g/mol. The van der Waals surface area contributed by atoms with Crippen molar-refractivity contribution in [3.63, 3.8) is 0 Å². The van der Waals surface area contributed by atoms with Crippen molar-refractivity contribution in [1.29, 1.82) is 0 Å². The van der Waals surface area contributed by atoms with E-state index in [9.17, 15) is 0 Å². The van der Waals surface area contributed by atoms with Gasteiger partial charge in [-0.1, -0.05) is 12.1 Å². The third-order valence-electron chi connectivity index (χ3n) is 3.79. The number of rotatable bonds is 2. The Kier molecular flexibility index (Phi) is 3.04. The van der Waals surface area contributed by atoms with Crippen LogP contribution < -0.4 is 10.1 Å². The van der Waals surface area contributed by atoms with E-state index in [2.05, 4.69) is 17.4 Å². The molecule has 3 rings (SSSR count). The maximum atomic E-state index is 5.99. The minimum absolute atomic E-state index is 0.164. The van der Waals surface area contributed by atoms with Crippen molar-refractivity contribution in [2.45, 2.75) is 31.4 Å². The molecule has 0 radical (unpaired) electrons. The van der Waals surface area contributed by atoms with Crippen LogP contribution in [0.5, 0.6) is 5.75 Å². The summed E-state index contributed by atoms with van der Waals surface area (Å²) in [4.78, 5) is 0. The molecule has 1 aromatic rings. The Bertz CT molecular complexity index is 385. The van der Waals surface area contributed by atoms with E-state index in [-0.39, 0.29) is 6.10 Å². The molecule has 0 unspecified atom stereocenters. The molecule has 1 saturated heterocycles. The van der Waals surface area contributed by atoms with Gasteiger partial charge >= 0.3 is 0 Å². The minimum atomic E-state index is 0.164. The van der Waals surface area contributed by atoms with Crippen LogP contribution >= 0.6 is 0 Å². The lowest BCUT2D eigenvalue weighted by atomic mass is 9.91. The average molecular weight is 233 g/mol. The van der Waals surface area contributed by atoms with Gasteiger partial charge in [0.15, 0.2) is 0 Å². The van der Waals surface area contributed by atoms with Crippen molar-refractivity contribution < 1.29 is 9.47 Å². The molecule has 1 fully saturated rings. The van der Waals surface area contributed by atoms with Gasteiger partial charge in [-0.15, -0.1) is 0 Å². The third kappa shape index (κ3) is 1.94. The van der Waals surface area contributed by atoms with Crippen molar-refractivity contribution in [2.75, 3.05) is 20.3 Å². The van der Waals surface area contributed by atoms with Crippen molar-refractivity contribution in [1.82, 2.24) is 5.32 Å². The number of nitrogens with one attached hydrogen (secondary N) is 1. The van der Waals surface area contributed by atoms with Gasteiger partial charge in [0.25, 0.3) is 0 Å². The molecule has 0 aromatic heterocycles. The van der Waals surface area contributed by atoms with E-state index >= 15 is 0 Å². The standard InChI is InChI=1S/C14H19NO2/c1-16-12-6-2-4-10-7-9-17-14(13(10)12)11-5-3-8-15-11/h2,4,6,11,14-15H,3,5,7-9H2,1H3/t11-,14+/m0/s1. The SMILES string of the molecule is COc1cccc2c1[C@@H]([C@@H]1CCCN1)OCC2. The molecule has 1 N–H and O–H groups in total. The van der Waals surface area contributed by atoms with Crippen LogP contribution in [0.25, 0.3) is 0 Å². The zero-order valence-corrected chi connectivity index (χ0v) is 10.2. The van der Waals surface area contributed by atoms with E-state index in [1.54, 1.807) is 7.11 Å². The van der Waals surface area contributed by atoms with Gasteiger partial charge in [0.1, 0.15) is 11.9 Å². The molecule has 3 heteroatoms. The fourth-order valence-electron chi connectivity index (χ4n) is 2.97. The molecule has 2 heterocycles. The van der Waals surface area contributed by atoms with E-state index < -0.39 is 0 Å². The van der Waals surface area contributed by atoms with Crippen LogP contribution in [0.4, 0.5) is 0 Å². The van der Waals surface area contributed by atoms with Crippen LogP contribution in [0.1, 0.15) is 30.1 Å². The highest BCUT2D eigenvalue weighted by atomic mass is 16.5. The summed E-state index contributed by atoms with van der Waals surface area (Å²) in [7, 11) is 1.74. The van der Waals surface area contributed by atoms with Crippen LogP contribution in [0.3, 0.4) is 0 Å². The highest BCUT2D eigenvalue weighted by molar-refractivity contribution is 5.44. The second kappa shape index (κ2) is 4.67. The first kappa shape index (κ1) is 11.1. The smallest absolute Gasteiger partial charge is 0.125 e. The molecule has 0 amide bonds. The summed E-state index contributed by atoms with van der Waals surface area (Å²) in [5.41, 5.74) is 2.65. The quantitative estimate of drug-likeness (QED) is 0.848. The van der Waals surface area contributed by atoms with Crippen molar-refractivity contribution >= 4 is 0 Å². The Hall–Kier alpha value is -1.06. The van der Waals surface area contributed by atoms with Crippen molar-refractivity contribution in [3.05, 3.63) is 29.3 Å². The molecule has 3 nitrogen and oxygen atoms in total. The van der Waals surface area contributed by atoms with Gasteiger partial charge in [-0.3, -0.25) is 0 Å². The summed E-state index contributed by atoms with van der Waals surface area (Å²) in [5, 5.41) is 3.54. The maximum absolute atomic E-state index is 5.99. The largest absolute Gasteiger partial charge is 0.496 e. The molecule has 2 aliphatic rings. The number of hydrogen-bond acceptors (Lipinski definition) is 3. The molecule has 2 atom stereocenters. The lowest BCUT2D eigenvalue weighted by molar-refractivity contribution is 0.0182. The number of benzene rings is 1. The number of hydrogen-bond donors (Lipinski definition) is 1. The Morgan fingerprint density at radius 1 is 1.41 bits per heavy atom. The molecule has 0 saturated carbocycles. The van der Waals surface area contributed by atoms with E-state index in [1.165, 1.54) is 24.0 Å². The van der Waals surface area contributed by atoms with Crippen molar-refractivity contribution in [3.8, 4) is 5.75 Å². The molecule has 0 spiro atoms. The minimum Gasteiger partial charge on any atom is -0.496 e. The summed E-state index contributed by atoms with van der Waals surface area (Å²) in [6.07, 6.45) is 3.60. The van der Waals surface area contributed by atoms with E-state index in [0.29, 0.717) is 6.04 Å². The van der Waals surface area contributed by atoms with Crippen LogP contribution in [0.15, 0.2) is 18.2 Å². The highest BCUT2D eigenvalue weighted by Crippen LogP contribution is 2.38. The predicted octanol–water partition coefficient (Wildman–Crippen LogP) is 2.06. The summed E-state index contributed by atoms with van der Waals surface area (Å²) in [6.45, 7) is 1.93. The van der Waals surface area contributed by atoms with Crippen LogP contribution in [-0.4, -0.2) is 26.3 Å². The van der Waals surface area contributed by atoms with E-state index in [4.69, 9.17) is 9.47 Å². The first-order valence-electron chi connectivity index (χ1n) is 6.41. The van der Waals surface area contributed by atoms with E-state index in [0.717, 1.165) is 25.3 Å². The predicted molar refractivity (Wildman–Crippen MR) is 66.4 cm³/mol. The molecule has 1 aromatic carbocycles. The molecule has 92 valence electrons. The maximum Gasteiger partial charge on any atom is 0.125 e. The van der Waals surface area contributed by atoms with Gasteiger partial charge in [-0.05, 0) is 37.4 Å². The summed E-state index contributed by atoms with van der Waals surface area (Å²) in [6, 6.07) is 6.75. The molecule has 17 heavy (non-hydrogen) atoms. The summed E-state index contributed by atoms with van der Waals surface area (Å²) >= 11 is 0. The zero-order valence-electron chi connectivity index (χ0n) is 10.2. The first-order chi connectivity index (χ1) is 8.40. The van der Waals surface area contributed by atoms with Gasteiger partial charge in [-0.2, -0.15) is 0 Å². The number of ether oxygens (including phenoxy) is 2. The molecule has 0 aliphatic carbocycles. The van der Waals surface area contributed by atoms with Gasteiger partial charge in [-0.25, -0.2) is 0 Å². The highest BCUT2D eigenvalue weighted by Gasteiger charge is 2.32. The Labute approximate surface area is 102 Å². The lowest BCUT2D eigenvalue weighted by Gasteiger charge is -2.31. The van der Waals surface area contributed by atoms with Gasteiger partial charge in [0, 0.05) is 11.6 Å². The summed E-state index contributed by atoms with van der Waals surface area (Å²) < 4.78 is 11.5.